The maximum atomic E-state index is 12.6. The lowest BCUT2D eigenvalue weighted by molar-refractivity contribution is -0.146. The molecule has 1 amide bonds. The van der Waals surface area contributed by atoms with Crippen molar-refractivity contribution < 1.29 is 14.7 Å². The lowest BCUT2D eigenvalue weighted by Gasteiger charge is -2.32. The van der Waals surface area contributed by atoms with E-state index in [9.17, 15) is 9.59 Å². The van der Waals surface area contributed by atoms with Crippen LogP contribution in [0, 0.1) is 5.92 Å². The summed E-state index contributed by atoms with van der Waals surface area (Å²) >= 11 is 0. The van der Waals surface area contributed by atoms with Crippen molar-refractivity contribution in [3.8, 4) is 11.4 Å². The highest BCUT2D eigenvalue weighted by molar-refractivity contribution is 5.81. The Kier molecular flexibility index (Phi) is 4.54. The Balaban J connectivity index is 1.72. The van der Waals surface area contributed by atoms with Gasteiger partial charge in [-0.3, -0.25) is 9.59 Å². The Hall–Kier alpha value is -2.77. The SMILES string of the molecule is C[C@H](C(=O)N1CCC[C@H](C(=O)O)C1)n1nnc(-c2ccccc2)n1. The van der Waals surface area contributed by atoms with E-state index < -0.39 is 17.9 Å². The quantitative estimate of drug-likeness (QED) is 0.905. The zero-order valence-corrected chi connectivity index (χ0v) is 13.4. The molecule has 8 heteroatoms. The number of rotatable bonds is 4. The fourth-order valence-electron chi connectivity index (χ4n) is 2.83. The number of carbonyl (C=O) groups excluding carboxylic acids is 1. The highest BCUT2D eigenvalue weighted by Crippen LogP contribution is 2.20. The number of amides is 1. The molecular weight excluding hydrogens is 310 g/mol. The molecule has 0 saturated carbocycles. The second-order valence-electron chi connectivity index (χ2n) is 5.94. The van der Waals surface area contributed by atoms with Crippen molar-refractivity contribution >= 4 is 11.9 Å². The van der Waals surface area contributed by atoms with Crippen LogP contribution in [0.3, 0.4) is 0 Å². The summed E-state index contributed by atoms with van der Waals surface area (Å²) < 4.78 is 0. The maximum Gasteiger partial charge on any atom is 0.308 e. The van der Waals surface area contributed by atoms with E-state index in [4.69, 9.17) is 5.11 Å². The highest BCUT2D eigenvalue weighted by Gasteiger charge is 2.31. The average Bonchev–Trinajstić information content (AvgIpc) is 3.11. The lowest BCUT2D eigenvalue weighted by Crippen LogP contribution is -2.45. The molecular formula is C16H19N5O3. The second-order valence-corrected chi connectivity index (χ2v) is 5.94. The molecule has 0 radical (unpaired) electrons. The van der Waals surface area contributed by atoms with E-state index in [0.717, 1.165) is 5.56 Å². The highest BCUT2D eigenvalue weighted by atomic mass is 16.4. The van der Waals surface area contributed by atoms with Gasteiger partial charge in [0.2, 0.25) is 11.7 Å². The predicted molar refractivity (Wildman–Crippen MR) is 84.9 cm³/mol. The first-order valence-electron chi connectivity index (χ1n) is 7.93. The molecule has 1 aromatic heterocycles. The molecule has 2 aromatic rings. The number of tetrazole rings is 1. The molecule has 8 nitrogen and oxygen atoms in total. The molecule has 0 aliphatic carbocycles. The number of carboxylic acid groups (broad SMARTS) is 1. The number of benzene rings is 1. The third kappa shape index (κ3) is 3.27. The second kappa shape index (κ2) is 6.77. The standard InChI is InChI=1S/C16H19N5O3/c1-11(15(22)20-9-5-8-13(10-20)16(23)24)21-18-14(17-19-21)12-6-3-2-4-7-12/h2-4,6-7,11,13H,5,8-10H2,1H3,(H,23,24)/t11-,13+/m1/s1. The van der Waals surface area contributed by atoms with Gasteiger partial charge in [0.15, 0.2) is 0 Å². The molecule has 0 bridgehead atoms. The first-order valence-corrected chi connectivity index (χ1v) is 7.93. The fraction of sp³-hybridized carbons (Fsp3) is 0.438. The Morgan fingerprint density at radius 1 is 1.29 bits per heavy atom. The van der Waals surface area contributed by atoms with Gasteiger partial charge in [-0.15, -0.1) is 10.2 Å². The summed E-state index contributed by atoms with van der Waals surface area (Å²) in [6.07, 6.45) is 1.29. The molecule has 1 saturated heterocycles. The normalized spacial score (nSPS) is 19.0. The smallest absolute Gasteiger partial charge is 0.308 e. The van der Waals surface area contributed by atoms with Crippen LogP contribution in [0.15, 0.2) is 30.3 Å². The van der Waals surface area contributed by atoms with Crippen molar-refractivity contribution in [2.45, 2.75) is 25.8 Å². The van der Waals surface area contributed by atoms with Crippen molar-refractivity contribution in [2.24, 2.45) is 5.92 Å². The number of aliphatic carboxylic acids is 1. The van der Waals surface area contributed by atoms with Crippen LogP contribution in [0.1, 0.15) is 25.8 Å². The van der Waals surface area contributed by atoms with Crippen LogP contribution in [0.4, 0.5) is 0 Å². The van der Waals surface area contributed by atoms with Gasteiger partial charge in [0.1, 0.15) is 6.04 Å². The summed E-state index contributed by atoms with van der Waals surface area (Å²) in [6, 6.07) is 8.78. The largest absolute Gasteiger partial charge is 0.481 e. The first kappa shape index (κ1) is 16.1. The molecule has 2 heterocycles. The summed E-state index contributed by atoms with van der Waals surface area (Å²) in [5.41, 5.74) is 0.826. The number of carboxylic acids is 1. The van der Waals surface area contributed by atoms with E-state index in [1.54, 1.807) is 11.8 Å². The van der Waals surface area contributed by atoms with Crippen molar-refractivity contribution in [1.82, 2.24) is 25.1 Å². The Labute approximate surface area is 139 Å². The van der Waals surface area contributed by atoms with Gasteiger partial charge in [-0.2, -0.15) is 4.80 Å². The van der Waals surface area contributed by atoms with Gasteiger partial charge in [-0.05, 0) is 25.0 Å². The van der Waals surface area contributed by atoms with Gasteiger partial charge in [-0.1, -0.05) is 30.3 Å². The fourth-order valence-corrected chi connectivity index (χ4v) is 2.83. The molecule has 24 heavy (non-hydrogen) atoms. The summed E-state index contributed by atoms with van der Waals surface area (Å²) in [6.45, 7) is 2.50. The van der Waals surface area contributed by atoms with Gasteiger partial charge in [0.25, 0.3) is 0 Å². The van der Waals surface area contributed by atoms with Crippen LogP contribution in [0.25, 0.3) is 11.4 Å². The van der Waals surface area contributed by atoms with Crippen LogP contribution in [-0.4, -0.2) is 55.2 Å². The number of aromatic nitrogens is 4. The molecule has 0 unspecified atom stereocenters. The van der Waals surface area contributed by atoms with E-state index in [2.05, 4.69) is 15.4 Å². The van der Waals surface area contributed by atoms with E-state index in [1.807, 2.05) is 30.3 Å². The Morgan fingerprint density at radius 3 is 2.75 bits per heavy atom. The van der Waals surface area contributed by atoms with Gasteiger partial charge < -0.3 is 10.0 Å². The lowest BCUT2D eigenvalue weighted by atomic mass is 9.98. The third-order valence-corrected chi connectivity index (χ3v) is 4.25. The summed E-state index contributed by atoms with van der Waals surface area (Å²) in [5, 5.41) is 21.4. The molecule has 3 rings (SSSR count). The number of hydrogen-bond donors (Lipinski definition) is 1. The Morgan fingerprint density at radius 2 is 2.04 bits per heavy atom. The van der Waals surface area contributed by atoms with Crippen molar-refractivity contribution in [1.29, 1.82) is 0 Å². The van der Waals surface area contributed by atoms with Gasteiger partial charge >= 0.3 is 5.97 Å². The van der Waals surface area contributed by atoms with Gasteiger partial charge in [-0.25, -0.2) is 0 Å². The molecule has 1 aliphatic rings. The zero-order valence-electron chi connectivity index (χ0n) is 13.4. The molecule has 1 aliphatic heterocycles. The number of piperidine rings is 1. The van der Waals surface area contributed by atoms with Crippen molar-refractivity contribution in [2.75, 3.05) is 13.1 Å². The average molecular weight is 329 g/mol. The third-order valence-electron chi connectivity index (χ3n) is 4.25. The number of likely N-dealkylation sites (tertiary alicyclic amines) is 1. The minimum atomic E-state index is -0.856. The molecule has 0 spiro atoms. The summed E-state index contributed by atoms with van der Waals surface area (Å²) in [4.78, 5) is 26.6. The summed E-state index contributed by atoms with van der Waals surface area (Å²) in [7, 11) is 0. The van der Waals surface area contributed by atoms with E-state index >= 15 is 0 Å². The van der Waals surface area contributed by atoms with Crippen LogP contribution in [0.2, 0.25) is 0 Å². The van der Waals surface area contributed by atoms with Crippen molar-refractivity contribution in [3.05, 3.63) is 30.3 Å². The topological polar surface area (TPSA) is 101 Å². The monoisotopic (exact) mass is 329 g/mol. The summed E-state index contributed by atoms with van der Waals surface area (Å²) in [5.74, 6) is -1.08. The van der Waals surface area contributed by atoms with Crippen LogP contribution in [-0.2, 0) is 9.59 Å². The zero-order chi connectivity index (χ0) is 17.1. The number of nitrogens with zero attached hydrogens (tertiary/aromatic N) is 5. The molecule has 126 valence electrons. The minimum Gasteiger partial charge on any atom is -0.481 e. The van der Waals surface area contributed by atoms with E-state index in [0.29, 0.717) is 25.2 Å². The van der Waals surface area contributed by atoms with E-state index in [-0.39, 0.29) is 12.5 Å². The molecule has 1 aromatic carbocycles. The van der Waals surface area contributed by atoms with Gasteiger partial charge in [0, 0.05) is 18.7 Å². The van der Waals surface area contributed by atoms with Crippen LogP contribution < -0.4 is 0 Å². The molecule has 2 atom stereocenters. The minimum absolute atomic E-state index is 0.182. The molecule has 1 N–H and O–H groups in total. The van der Waals surface area contributed by atoms with Crippen LogP contribution in [0.5, 0.6) is 0 Å². The Bertz CT molecular complexity index is 730. The number of carbonyl (C=O) groups is 2. The first-order chi connectivity index (χ1) is 11.6. The number of hydrogen-bond acceptors (Lipinski definition) is 5. The molecule has 1 fully saturated rings. The van der Waals surface area contributed by atoms with E-state index in [1.165, 1.54) is 4.80 Å². The van der Waals surface area contributed by atoms with Crippen LogP contribution >= 0.6 is 0 Å². The van der Waals surface area contributed by atoms with Gasteiger partial charge in [0.05, 0.1) is 5.92 Å². The maximum absolute atomic E-state index is 12.6. The van der Waals surface area contributed by atoms with Crippen molar-refractivity contribution in [3.63, 3.8) is 0 Å². The predicted octanol–water partition coefficient (Wildman–Crippen LogP) is 1.22.